The molecular formula is C12H18FN3O. The first-order valence-corrected chi connectivity index (χ1v) is 5.90. The summed E-state index contributed by atoms with van der Waals surface area (Å²) in [4.78, 5) is 14.3. The van der Waals surface area contributed by atoms with E-state index in [1.54, 1.807) is 7.05 Å². The highest BCUT2D eigenvalue weighted by Crippen LogP contribution is 2.21. The Morgan fingerprint density at radius 1 is 1.41 bits per heavy atom. The Morgan fingerprint density at radius 3 is 2.65 bits per heavy atom. The van der Waals surface area contributed by atoms with Crippen molar-refractivity contribution in [3.63, 3.8) is 0 Å². The molecule has 0 aromatic carbocycles. The molecule has 0 saturated carbocycles. The quantitative estimate of drug-likeness (QED) is 0.845. The molecule has 94 valence electrons. The minimum absolute atomic E-state index is 0.113. The smallest absolute Gasteiger partial charge is 0.274 e. The van der Waals surface area contributed by atoms with Crippen molar-refractivity contribution < 1.29 is 4.39 Å². The monoisotopic (exact) mass is 239 g/mol. The van der Waals surface area contributed by atoms with Gasteiger partial charge in [-0.1, -0.05) is 0 Å². The van der Waals surface area contributed by atoms with E-state index in [4.69, 9.17) is 0 Å². The summed E-state index contributed by atoms with van der Waals surface area (Å²) in [5.41, 5.74) is 0.187. The van der Waals surface area contributed by atoms with E-state index in [2.05, 4.69) is 17.3 Å². The number of piperidine rings is 1. The number of hydrogen-bond acceptors (Lipinski definition) is 3. The van der Waals surface area contributed by atoms with Crippen molar-refractivity contribution in [3.8, 4) is 0 Å². The Kier molecular flexibility index (Phi) is 3.47. The maximum absolute atomic E-state index is 13.4. The average Bonchev–Trinajstić information content (AvgIpc) is 2.33. The van der Waals surface area contributed by atoms with Gasteiger partial charge >= 0.3 is 0 Å². The van der Waals surface area contributed by atoms with Gasteiger partial charge in [-0.2, -0.15) is 0 Å². The maximum Gasteiger partial charge on any atom is 0.274 e. The number of aromatic nitrogens is 1. The summed E-state index contributed by atoms with van der Waals surface area (Å²) in [5.74, 6) is -0.368. The zero-order chi connectivity index (χ0) is 12.4. The molecule has 0 radical (unpaired) electrons. The second-order valence-corrected chi connectivity index (χ2v) is 4.57. The van der Waals surface area contributed by atoms with Crippen LogP contribution >= 0.6 is 0 Å². The fraction of sp³-hybridized carbons (Fsp3) is 0.583. The molecule has 0 aliphatic carbocycles. The number of halogens is 1. The van der Waals surface area contributed by atoms with Crippen molar-refractivity contribution in [1.29, 1.82) is 0 Å². The van der Waals surface area contributed by atoms with Crippen LogP contribution in [0.25, 0.3) is 0 Å². The minimum Gasteiger partial charge on any atom is -0.384 e. The summed E-state index contributed by atoms with van der Waals surface area (Å²) in [6.45, 7) is 1.89. The van der Waals surface area contributed by atoms with Crippen LogP contribution in [0.4, 0.5) is 10.1 Å². The van der Waals surface area contributed by atoms with Crippen LogP contribution < -0.4 is 10.9 Å². The van der Waals surface area contributed by atoms with Crippen molar-refractivity contribution in [2.75, 3.05) is 32.5 Å². The third kappa shape index (κ3) is 2.49. The van der Waals surface area contributed by atoms with Gasteiger partial charge in [-0.15, -0.1) is 0 Å². The van der Waals surface area contributed by atoms with Crippen LogP contribution in [0.2, 0.25) is 0 Å². The van der Waals surface area contributed by atoms with Gasteiger partial charge in [0.15, 0.2) is 0 Å². The molecule has 1 fully saturated rings. The van der Waals surface area contributed by atoms with E-state index in [9.17, 15) is 9.18 Å². The highest BCUT2D eigenvalue weighted by molar-refractivity contribution is 5.40. The molecule has 0 unspecified atom stereocenters. The van der Waals surface area contributed by atoms with Crippen LogP contribution in [0.5, 0.6) is 0 Å². The zero-order valence-corrected chi connectivity index (χ0v) is 10.2. The highest BCUT2D eigenvalue weighted by Gasteiger charge is 2.20. The maximum atomic E-state index is 13.4. The SMILES string of the molecule is CNc1cc(F)cn(C2CCN(C)CC2)c1=O. The van der Waals surface area contributed by atoms with Gasteiger partial charge in [0, 0.05) is 25.4 Å². The molecule has 0 bridgehead atoms. The average molecular weight is 239 g/mol. The second kappa shape index (κ2) is 4.87. The van der Waals surface area contributed by atoms with Crippen LogP contribution in [-0.2, 0) is 0 Å². The normalized spacial score (nSPS) is 18.3. The Balaban J connectivity index is 2.32. The number of hydrogen-bond donors (Lipinski definition) is 1. The summed E-state index contributed by atoms with van der Waals surface area (Å²) in [6.07, 6.45) is 3.10. The van der Waals surface area contributed by atoms with Gasteiger partial charge < -0.3 is 14.8 Å². The zero-order valence-electron chi connectivity index (χ0n) is 10.2. The Hall–Kier alpha value is -1.36. The van der Waals surface area contributed by atoms with E-state index in [-0.39, 0.29) is 17.4 Å². The van der Waals surface area contributed by atoms with E-state index >= 15 is 0 Å². The van der Waals surface area contributed by atoms with E-state index in [1.807, 2.05) is 0 Å². The molecule has 0 atom stereocenters. The lowest BCUT2D eigenvalue weighted by molar-refractivity contribution is 0.218. The topological polar surface area (TPSA) is 37.3 Å². The number of pyridine rings is 1. The van der Waals surface area contributed by atoms with E-state index in [0.29, 0.717) is 5.69 Å². The molecular weight excluding hydrogens is 221 g/mol. The lowest BCUT2D eigenvalue weighted by Crippen LogP contribution is -2.35. The largest absolute Gasteiger partial charge is 0.384 e. The molecule has 2 heterocycles. The molecule has 1 aliphatic heterocycles. The predicted molar refractivity (Wildman–Crippen MR) is 66.0 cm³/mol. The van der Waals surface area contributed by atoms with E-state index < -0.39 is 0 Å². The van der Waals surface area contributed by atoms with Crippen LogP contribution in [0.1, 0.15) is 18.9 Å². The van der Waals surface area contributed by atoms with Gasteiger partial charge in [-0.3, -0.25) is 4.79 Å². The first-order chi connectivity index (χ1) is 8.11. The summed E-state index contributed by atoms with van der Waals surface area (Å²) >= 11 is 0. The van der Waals surface area contributed by atoms with Gasteiger partial charge in [0.1, 0.15) is 11.5 Å². The van der Waals surface area contributed by atoms with Crippen molar-refractivity contribution in [3.05, 3.63) is 28.4 Å². The first kappa shape index (κ1) is 12.1. The number of anilines is 1. The molecule has 1 aromatic heterocycles. The second-order valence-electron chi connectivity index (χ2n) is 4.57. The number of nitrogens with one attached hydrogen (secondary N) is 1. The highest BCUT2D eigenvalue weighted by atomic mass is 19.1. The third-order valence-electron chi connectivity index (χ3n) is 3.36. The summed E-state index contributed by atoms with van der Waals surface area (Å²) in [5, 5.41) is 2.74. The minimum atomic E-state index is -0.368. The van der Waals surface area contributed by atoms with Crippen LogP contribution in [0, 0.1) is 5.82 Å². The van der Waals surface area contributed by atoms with Gasteiger partial charge in [0.05, 0.1) is 0 Å². The Morgan fingerprint density at radius 2 is 2.06 bits per heavy atom. The Labute approximate surface area is 100 Å². The van der Waals surface area contributed by atoms with E-state index in [0.717, 1.165) is 25.9 Å². The molecule has 2 rings (SSSR count). The van der Waals surface area contributed by atoms with Crippen molar-refractivity contribution >= 4 is 5.69 Å². The number of nitrogens with zero attached hydrogens (tertiary/aromatic N) is 2. The fourth-order valence-corrected chi connectivity index (χ4v) is 2.29. The Bertz CT molecular complexity index is 450. The van der Waals surface area contributed by atoms with Crippen molar-refractivity contribution in [2.45, 2.75) is 18.9 Å². The molecule has 0 spiro atoms. The molecule has 1 aromatic rings. The molecule has 17 heavy (non-hydrogen) atoms. The van der Waals surface area contributed by atoms with Gasteiger partial charge in [0.2, 0.25) is 0 Å². The summed E-state index contributed by atoms with van der Waals surface area (Å²) in [6, 6.07) is 1.36. The molecule has 5 heteroatoms. The van der Waals surface area contributed by atoms with E-state index in [1.165, 1.54) is 16.8 Å². The number of rotatable bonds is 2. The fourth-order valence-electron chi connectivity index (χ4n) is 2.29. The molecule has 1 saturated heterocycles. The van der Waals surface area contributed by atoms with Gasteiger partial charge in [0.25, 0.3) is 5.56 Å². The van der Waals surface area contributed by atoms with Crippen molar-refractivity contribution in [1.82, 2.24) is 9.47 Å². The number of likely N-dealkylation sites (tertiary alicyclic amines) is 1. The van der Waals surface area contributed by atoms with Crippen LogP contribution in [-0.4, -0.2) is 36.7 Å². The molecule has 1 aliphatic rings. The van der Waals surface area contributed by atoms with Gasteiger partial charge in [-0.25, -0.2) is 4.39 Å². The molecule has 1 N–H and O–H groups in total. The lowest BCUT2D eigenvalue weighted by Gasteiger charge is -2.30. The molecule has 4 nitrogen and oxygen atoms in total. The van der Waals surface area contributed by atoms with Gasteiger partial charge in [-0.05, 0) is 33.0 Å². The van der Waals surface area contributed by atoms with Crippen LogP contribution in [0.15, 0.2) is 17.1 Å². The first-order valence-electron chi connectivity index (χ1n) is 5.90. The summed E-state index contributed by atoms with van der Waals surface area (Å²) < 4.78 is 15.0. The molecule has 0 amide bonds. The lowest BCUT2D eigenvalue weighted by atomic mass is 10.1. The van der Waals surface area contributed by atoms with Crippen molar-refractivity contribution in [2.24, 2.45) is 0 Å². The third-order valence-corrected chi connectivity index (χ3v) is 3.36. The predicted octanol–water partition coefficient (Wildman–Crippen LogP) is 1.30. The van der Waals surface area contributed by atoms with Crippen LogP contribution in [0.3, 0.4) is 0 Å². The standard InChI is InChI=1S/C12H18FN3O/c1-14-11-7-9(13)8-16(12(11)17)10-3-5-15(2)6-4-10/h7-8,10,14H,3-6H2,1-2H3. The summed E-state index contributed by atoms with van der Waals surface area (Å²) in [7, 11) is 3.69.